The van der Waals surface area contributed by atoms with Crippen molar-refractivity contribution in [3.8, 4) is 5.95 Å². The summed E-state index contributed by atoms with van der Waals surface area (Å²) in [6, 6.07) is 1.55. The number of benzene rings is 1. The maximum Gasteiger partial charge on any atom is 0.418 e. The molecule has 1 aromatic carbocycles. The summed E-state index contributed by atoms with van der Waals surface area (Å²) in [5.74, 6) is 0.336. The molecule has 0 amide bonds. The highest BCUT2D eigenvalue weighted by molar-refractivity contribution is 5.92. The molecule has 0 saturated heterocycles. The molecule has 0 aliphatic carbocycles. The zero-order valence-electron chi connectivity index (χ0n) is 17.0. The van der Waals surface area contributed by atoms with Crippen LogP contribution in [0.4, 0.5) is 32.2 Å². The molecule has 0 fully saturated rings. The van der Waals surface area contributed by atoms with Crippen LogP contribution in [0.15, 0.2) is 43.2 Å². The van der Waals surface area contributed by atoms with E-state index in [1.165, 1.54) is 35.4 Å². The standard InChI is InChI=1S/C19H14F6N8/c1-10(15-30-9-31-33(15)17-26-4-3-5-27-17)32(2)16-12-6-11(18(20,21)22)7-13(19(23,24)25)14(12)28-8-29-16/h3-10H,1-2H3/t10-/m0/s1. The third-order valence-corrected chi connectivity index (χ3v) is 4.95. The van der Waals surface area contributed by atoms with Gasteiger partial charge in [-0.3, -0.25) is 0 Å². The predicted octanol–water partition coefficient (Wildman–Crippen LogP) is 4.24. The van der Waals surface area contributed by atoms with Crippen LogP contribution in [0.5, 0.6) is 0 Å². The van der Waals surface area contributed by atoms with Crippen molar-refractivity contribution in [2.24, 2.45) is 0 Å². The second kappa shape index (κ2) is 7.94. The first kappa shape index (κ1) is 22.4. The van der Waals surface area contributed by atoms with Crippen LogP contribution in [-0.2, 0) is 12.4 Å². The van der Waals surface area contributed by atoms with E-state index < -0.39 is 40.4 Å². The first-order valence-electron chi connectivity index (χ1n) is 9.31. The number of halogens is 6. The van der Waals surface area contributed by atoms with Gasteiger partial charge in [-0.15, -0.1) is 0 Å². The highest BCUT2D eigenvalue weighted by Gasteiger charge is 2.39. The Morgan fingerprint density at radius 1 is 0.879 bits per heavy atom. The zero-order chi connectivity index (χ0) is 24.0. The van der Waals surface area contributed by atoms with Crippen LogP contribution >= 0.6 is 0 Å². The molecular formula is C19H14F6N8. The number of nitrogens with zero attached hydrogens (tertiary/aromatic N) is 8. The lowest BCUT2D eigenvalue weighted by Gasteiger charge is -2.27. The lowest BCUT2D eigenvalue weighted by Crippen LogP contribution is -2.26. The van der Waals surface area contributed by atoms with Gasteiger partial charge in [0.2, 0.25) is 0 Å². The smallest absolute Gasteiger partial charge is 0.349 e. The van der Waals surface area contributed by atoms with Gasteiger partial charge in [-0.05, 0) is 25.1 Å². The average molecular weight is 468 g/mol. The van der Waals surface area contributed by atoms with E-state index in [2.05, 4.69) is 30.0 Å². The van der Waals surface area contributed by atoms with Gasteiger partial charge in [-0.25, -0.2) is 24.9 Å². The topological polar surface area (TPSA) is 85.5 Å². The van der Waals surface area contributed by atoms with Crippen LogP contribution in [0.1, 0.15) is 29.9 Å². The van der Waals surface area contributed by atoms with Gasteiger partial charge in [0.05, 0.1) is 22.7 Å². The van der Waals surface area contributed by atoms with E-state index in [4.69, 9.17) is 0 Å². The van der Waals surface area contributed by atoms with Crippen LogP contribution in [0.25, 0.3) is 16.9 Å². The molecule has 0 aliphatic rings. The molecule has 0 spiro atoms. The molecule has 33 heavy (non-hydrogen) atoms. The molecule has 172 valence electrons. The van der Waals surface area contributed by atoms with Crippen molar-refractivity contribution < 1.29 is 26.3 Å². The Morgan fingerprint density at radius 3 is 2.21 bits per heavy atom. The first-order chi connectivity index (χ1) is 15.5. The summed E-state index contributed by atoms with van der Waals surface area (Å²) >= 11 is 0. The molecule has 0 N–H and O–H groups in total. The highest BCUT2D eigenvalue weighted by atomic mass is 19.4. The molecule has 4 rings (SSSR count). The minimum atomic E-state index is -5.06. The molecule has 0 radical (unpaired) electrons. The Labute approximate surface area is 182 Å². The normalized spacial score (nSPS) is 13.3. The van der Waals surface area contributed by atoms with Gasteiger partial charge in [-0.1, -0.05) is 0 Å². The maximum absolute atomic E-state index is 13.6. The van der Waals surface area contributed by atoms with Crippen LogP contribution in [0, 0.1) is 0 Å². The van der Waals surface area contributed by atoms with Crippen molar-refractivity contribution in [1.82, 2.24) is 34.7 Å². The fraction of sp³-hybridized carbons (Fsp3) is 0.263. The number of alkyl halides is 6. The Hall–Kier alpha value is -3.84. The Bertz CT molecular complexity index is 1290. The summed E-state index contributed by atoms with van der Waals surface area (Å²) in [6.07, 6.45) is -4.99. The number of aromatic nitrogens is 7. The molecule has 3 aromatic heterocycles. The van der Waals surface area contributed by atoms with Crippen molar-refractivity contribution in [2.75, 3.05) is 11.9 Å². The lowest BCUT2D eigenvalue weighted by molar-refractivity contribution is -0.142. The van der Waals surface area contributed by atoms with Crippen molar-refractivity contribution in [1.29, 1.82) is 0 Å². The van der Waals surface area contributed by atoms with Gasteiger partial charge < -0.3 is 4.90 Å². The zero-order valence-corrected chi connectivity index (χ0v) is 17.0. The third-order valence-electron chi connectivity index (χ3n) is 4.95. The van der Waals surface area contributed by atoms with E-state index >= 15 is 0 Å². The molecule has 0 aliphatic heterocycles. The van der Waals surface area contributed by atoms with Gasteiger partial charge >= 0.3 is 12.4 Å². The van der Waals surface area contributed by atoms with E-state index in [9.17, 15) is 26.3 Å². The maximum atomic E-state index is 13.6. The molecule has 3 heterocycles. The van der Waals surface area contributed by atoms with Gasteiger partial charge in [-0.2, -0.15) is 36.1 Å². The molecule has 8 nitrogen and oxygen atoms in total. The van der Waals surface area contributed by atoms with Crippen molar-refractivity contribution in [2.45, 2.75) is 25.3 Å². The predicted molar refractivity (Wildman–Crippen MR) is 103 cm³/mol. The molecule has 0 bridgehead atoms. The highest BCUT2D eigenvalue weighted by Crippen LogP contribution is 2.41. The van der Waals surface area contributed by atoms with Crippen molar-refractivity contribution in [3.05, 3.63) is 60.2 Å². The second-order valence-corrected chi connectivity index (χ2v) is 6.98. The van der Waals surface area contributed by atoms with Crippen molar-refractivity contribution in [3.63, 3.8) is 0 Å². The van der Waals surface area contributed by atoms with Crippen LogP contribution in [-0.4, -0.2) is 41.7 Å². The number of fused-ring (bicyclic) bond motifs is 1. The van der Waals surface area contributed by atoms with E-state index in [1.807, 2.05) is 0 Å². The summed E-state index contributed by atoms with van der Waals surface area (Å²) in [6.45, 7) is 1.63. The van der Waals surface area contributed by atoms with Crippen molar-refractivity contribution >= 4 is 16.7 Å². The first-order valence-corrected chi connectivity index (χ1v) is 9.31. The quantitative estimate of drug-likeness (QED) is 0.414. The van der Waals surface area contributed by atoms with Gasteiger partial charge in [0.1, 0.15) is 18.5 Å². The Balaban J connectivity index is 1.86. The summed E-state index contributed by atoms with van der Waals surface area (Å²) in [7, 11) is 1.46. The third kappa shape index (κ3) is 4.15. The number of hydrogen-bond acceptors (Lipinski definition) is 7. The van der Waals surface area contributed by atoms with Crippen LogP contribution < -0.4 is 4.90 Å². The largest absolute Gasteiger partial charge is 0.418 e. The minimum absolute atomic E-state index is 0.0475. The molecule has 0 saturated carbocycles. The number of rotatable bonds is 4. The molecule has 1 atom stereocenters. The second-order valence-electron chi connectivity index (χ2n) is 6.98. The fourth-order valence-electron chi connectivity index (χ4n) is 3.26. The Morgan fingerprint density at radius 2 is 1.58 bits per heavy atom. The monoisotopic (exact) mass is 468 g/mol. The summed E-state index contributed by atoms with van der Waals surface area (Å²) in [4.78, 5) is 21.3. The molecule has 4 aromatic rings. The SMILES string of the molecule is C[C@@H](c1ncnn1-c1ncccn1)N(C)c1ncnc2c(C(F)(F)F)cc(C(F)(F)F)cc12. The van der Waals surface area contributed by atoms with E-state index in [0.717, 1.165) is 6.33 Å². The van der Waals surface area contributed by atoms with E-state index in [1.54, 1.807) is 13.0 Å². The molecular weight excluding hydrogens is 454 g/mol. The van der Waals surface area contributed by atoms with E-state index in [-0.39, 0.29) is 17.8 Å². The summed E-state index contributed by atoms with van der Waals surface area (Å²) in [5, 5.41) is 3.66. The van der Waals surface area contributed by atoms with Gasteiger partial charge in [0, 0.05) is 24.8 Å². The number of hydrogen-bond donors (Lipinski definition) is 0. The summed E-state index contributed by atoms with van der Waals surface area (Å²) in [5.41, 5.74) is -3.61. The minimum Gasteiger partial charge on any atom is -0.349 e. The summed E-state index contributed by atoms with van der Waals surface area (Å²) < 4.78 is 82.2. The fourth-order valence-corrected chi connectivity index (χ4v) is 3.26. The van der Waals surface area contributed by atoms with Crippen LogP contribution in [0.3, 0.4) is 0 Å². The molecule has 0 unspecified atom stereocenters. The number of anilines is 1. The Kier molecular flexibility index (Phi) is 5.38. The van der Waals surface area contributed by atoms with Gasteiger partial charge in [0.15, 0.2) is 5.82 Å². The molecule has 14 heteroatoms. The average Bonchev–Trinajstić information content (AvgIpc) is 3.26. The van der Waals surface area contributed by atoms with Crippen LogP contribution in [0.2, 0.25) is 0 Å². The lowest BCUT2D eigenvalue weighted by atomic mass is 10.0. The van der Waals surface area contributed by atoms with Gasteiger partial charge in [0.25, 0.3) is 5.95 Å². The van der Waals surface area contributed by atoms with E-state index in [0.29, 0.717) is 11.9 Å².